The second kappa shape index (κ2) is 7.47. The molecule has 0 saturated heterocycles. The number of hydrogen-bond acceptors (Lipinski definition) is 3. The van der Waals surface area contributed by atoms with Gasteiger partial charge in [-0.15, -0.1) is 0 Å². The second-order valence-corrected chi connectivity index (χ2v) is 6.44. The molecule has 1 N–H and O–H groups in total. The molecule has 24 heavy (non-hydrogen) atoms. The highest BCUT2D eigenvalue weighted by Gasteiger charge is 2.34. The van der Waals surface area contributed by atoms with Crippen LogP contribution in [0, 0.1) is 12.8 Å². The number of pyridine rings is 1. The van der Waals surface area contributed by atoms with E-state index in [9.17, 15) is 4.79 Å². The average Bonchev–Trinajstić information content (AvgIpc) is 3.44. The first-order chi connectivity index (χ1) is 11.7. The lowest BCUT2D eigenvalue weighted by atomic mass is 10.0. The van der Waals surface area contributed by atoms with Crippen molar-refractivity contribution in [3.8, 4) is 5.75 Å². The van der Waals surface area contributed by atoms with E-state index in [2.05, 4.69) is 23.3 Å². The normalized spacial score (nSPS) is 14.9. The van der Waals surface area contributed by atoms with Crippen molar-refractivity contribution in [3.63, 3.8) is 0 Å². The van der Waals surface area contributed by atoms with Gasteiger partial charge in [0.05, 0.1) is 18.8 Å². The molecule has 1 aliphatic rings. The molecule has 0 radical (unpaired) electrons. The predicted octanol–water partition coefficient (Wildman–Crippen LogP) is 3.60. The lowest BCUT2D eigenvalue weighted by Gasteiger charge is -2.19. The van der Waals surface area contributed by atoms with Crippen LogP contribution in [0.3, 0.4) is 0 Å². The molecule has 3 rings (SSSR count). The zero-order valence-corrected chi connectivity index (χ0v) is 14.3. The Morgan fingerprint density at radius 2 is 2.17 bits per heavy atom. The van der Waals surface area contributed by atoms with Gasteiger partial charge in [-0.2, -0.15) is 0 Å². The number of ether oxygens (including phenoxy) is 1. The molecule has 0 bridgehead atoms. The SMILES string of the molecule is COc1cccc(CCC(=O)N[C@H](c2ncccc2C)C2CC2)c1. The fourth-order valence-electron chi connectivity index (χ4n) is 2.99. The number of aryl methyl sites for hydroxylation is 2. The Kier molecular flexibility index (Phi) is 5.14. The smallest absolute Gasteiger partial charge is 0.220 e. The van der Waals surface area contributed by atoms with Gasteiger partial charge < -0.3 is 10.1 Å². The molecule has 1 atom stereocenters. The standard InChI is InChI=1S/C20H24N2O2/c1-14-5-4-12-21-19(14)20(16-9-10-16)22-18(23)11-8-15-6-3-7-17(13-15)24-2/h3-7,12-13,16,20H,8-11H2,1-2H3,(H,22,23)/t20-/m0/s1. The Bertz CT molecular complexity index is 710. The molecular formula is C20H24N2O2. The molecule has 1 amide bonds. The van der Waals surface area contributed by atoms with E-state index < -0.39 is 0 Å². The summed E-state index contributed by atoms with van der Waals surface area (Å²) in [5, 5.41) is 3.20. The topological polar surface area (TPSA) is 51.2 Å². The maximum absolute atomic E-state index is 12.4. The van der Waals surface area contributed by atoms with Crippen LogP contribution in [0.1, 0.15) is 42.1 Å². The van der Waals surface area contributed by atoms with Crippen LogP contribution in [0.2, 0.25) is 0 Å². The monoisotopic (exact) mass is 324 g/mol. The number of rotatable bonds is 7. The van der Waals surface area contributed by atoms with Crippen molar-refractivity contribution in [1.82, 2.24) is 10.3 Å². The molecule has 1 aromatic carbocycles. The van der Waals surface area contributed by atoms with Crippen molar-refractivity contribution in [1.29, 1.82) is 0 Å². The van der Waals surface area contributed by atoms with Crippen molar-refractivity contribution in [2.45, 2.75) is 38.6 Å². The lowest BCUT2D eigenvalue weighted by molar-refractivity contribution is -0.122. The minimum atomic E-state index is 0.0454. The molecule has 2 aromatic rings. The lowest BCUT2D eigenvalue weighted by Crippen LogP contribution is -2.31. The Morgan fingerprint density at radius 3 is 2.88 bits per heavy atom. The molecule has 0 unspecified atom stereocenters. The minimum absolute atomic E-state index is 0.0454. The molecular weight excluding hydrogens is 300 g/mol. The summed E-state index contributed by atoms with van der Waals surface area (Å²) < 4.78 is 5.23. The second-order valence-electron chi connectivity index (χ2n) is 6.44. The van der Waals surface area contributed by atoms with E-state index in [0.29, 0.717) is 18.8 Å². The Labute approximate surface area is 143 Å². The van der Waals surface area contributed by atoms with Gasteiger partial charge in [0, 0.05) is 12.6 Å². The van der Waals surface area contributed by atoms with E-state index in [4.69, 9.17) is 4.74 Å². The Morgan fingerprint density at radius 1 is 1.33 bits per heavy atom. The van der Waals surface area contributed by atoms with Crippen LogP contribution >= 0.6 is 0 Å². The number of benzene rings is 1. The molecule has 1 saturated carbocycles. The highest BCUT2D eigenvalue weighted by molar-refractivity contribution is 5.76. The van der Waals surface area contributed by atoms with Crippen LogP contribution in [0.5, 0.6) is 5.75 Å². The van der Waals surface area contributed by atoms with Crippen LogP contribution in [0.25, 0.3) is 0 Å². The fraction of sp³-hybridized carbons (Fsp3) is 0.400. The third-order valence-electron chi connectivity index (χ3n) is 4.53. The van der Waals surface area contributed by atoms with E-state index >= 15 is 0 Å². The highest BCUT2D eigenvalue weighted by Crippen LogP contribution is 2.41. The molecule has 0 aliphatic heterocycles. The van der Waals surface area contributed by atoms with E-state index in [1.807, 2.05) is 30.3 Å². The van der Waals surface area contributed by atoms with Gasteiger partial charge in [0.25, 0.3) is 0 Å². The average molecular weight is 324 g/mol. The summed E-state index contributed by atoms with van der Waals surface area (Å²) in [5.74, 6) is 1.44. The van der Waals surface area contributed by atoms with Gasteiger partial charge in [-0.05, 0) is 61.4 Å². The van der Waals surface area contributed by atoms with E-state index in [1.165, 1.54) is 0 Å². The van der Waals surface area contributed by atoms with Gasteiger partial charge in [-0.1, -0.05) is 18.2 Å². The number of methoxy groups -OCH3 is 1. The van der Waals surface area contributed by atoms with Crippen molar-refractivity contribution < 1.29 is 9.53 Å². The van der Waals surface area contributed by atoms with Crippen molar-refractivity contribution in [2.24, 2.45) is 5.92 Å². The van der Waals surface area contributed by atoms with Crippen LogP contribution < -0.4 is 10.1 Å². The number of hydrogen-bond donors (Lipinski definition) is 1. The number of amides is 1. The summed E-state index contributed by atoms with van der Waals surface area (Å²) >= 11 is 0. The maximum Gasteiger partial charge on any atom is 0.220 e. The number of carbonyl (C=O) groups is 1. The number of aromatic nitrogens is 1. The van der Waals surface area contributed by atoms with Gasteiger partial charge in [0.1, 0.15) is 5.75 Å². The fourth-order valence-corrected chi connectivity index (χ4v) is 2.99. The molecule has 0 spiro atoms. The quantitative estimate of drug-likeness (QED) is 0.846. The first-order valence-corrected chi connectivity index (χ1v) is 8.51. The molecule has 4 nitrogen and oxygen atoms in total. The zero-order valence-electron chi connectivity index (χ0n) is 14.3. The van der Waals surface area contributed by atoms with Gasteiger partial charge in [0.2, 0.25) is 5.91 Å². The summed E-state index contributed by atoms with van der Waals surface area (Å²) in [7, 11) is 1.65. The van der Waals surface area contributed by atoms with Crippen LogP contribution in [0.15, 0.2) is 42.6 Å². The van der Waals surface area contributed by atoms with Gasteiger partial charge >= 0.3 is 0 Å². The molecule has 126 valence electrons. The molecule has 4 heteroatoms. The van der Waals surface area contributed by atoms with E-state index in [0.717, 1.165) is 35.4 Å². The molecule has 1 aromatic heterocycles. The van der Waals surface area contributed by atoms with Crippen molar-refractivity contribution >= 4 is 5.91 Å². The first kappa shape index (κ1) is 16.5. The largest absolute Gasteiger partial charge is 0.497 e. The Balaban J connectivity index is 1.61. The van der Waals surface area contributed by atoms with Crippen molar-refractivity contribution in [2.75, 3.05) is 7.11 Å². The summed E-state index contributed by atoms with van der Waals surface area (Å²) in [6.07, 6.45) is 5.32. The van der Waals surface area contributed by atoms with E-state index in [-0.39, 0.29) is 11.9 Å². The van der Waals surface area contributed by atoms with Crippen LogP contribution in [-0.4, -0.2) is 18.0 Å². The zero-order chi connectivity index (χ0) is 16.9. The van der Waals surface area contributed by atoms with Crippen LogP contribution in [0.4, 0.5) is 0 Å². The third-order valence-corrected chi connectivity index (χ3v) is 4.53. The maximum atomic E-state index is 12.4. The molecule has 1 heterocycles. The van der Waals surface area contributed by atoms with Gasteiger partial charge in [-0.3, -0.25) is 9.78 Å². The first-order valence-electron chi connectivity index (χ1n) is 8.51. The summed E-state index contributed by atoms with van der Waals surface area (Å²) in [6.45, 7) is 2.06. The molecule has 1 aliphatic carbocycles. The predicted molar refractivity (Wildman–Crippen MR) is 93.9 cm³/mol. The van der Waals surface area contributed by atoms with Gasteiger partial charge in [0.15, 0.2) is 0 Å². The summed E-state index contributed by atoms with van der Waals surface area (Å²) in [4.78, 5) is 16.9. The summed E-state index contributed by atoms with van der Waals surface area (Å²) in [6, 6.07) is 11.9. The highest BCUT2D eigenvalue weighted by atomic mass is 16.5. The summed E-state index contributed by atoms with van der Waals surface area (Å²) in [5.41, 5.74) is 3.26. The van der Waals surface area contributed by atoms with Crippen molar-refractivity contribution in [3.05, 3.63) is 59.4 Å². The van der Waals surface area contributed by atoms with Gasteiger partial charge in [-0.25, -0.2) is 0 Å². The van der Waals surface area contributed by atoms with Crippen LogP contribution in [-0.2, 0) is 11.2 Å². The third kappa shape index (κ3) is 4.13. The number of nitrogens with one attached hydrogen (secondary N) is 1. The number of nitrogens with zero attached hydrogens (tertiary/aromatic N) is 1. The number of carbonyl (C=O) groups excluding carboxylic acids is 1. The molecule has 1 fully saturated rings. The van der Waals surface area contributed by atoms with E-state index in [1.54, 1.807) is 13.3 Å². The minimum Gasteiger partial charge on any atom is -0.497 e. The Hall–Kier alpha value is -2.36.